The van der Waals surface area contributed by atoms with Gasteiger partial charge in [-0.1, -0.05) is 13.3 Å². The van der Waals surface area contributed by atoms with Crippen LogP contribution in [0, 0.1) is 0 Å². The highest BCUT2D eigenvalue weighted by Gasteiger charge is 2.29. The van der Waals surface area contributed by atoms with Gasteiger partial charge in [0.2, 0.25) is 5.91 Å². The molecule has 104 valence electrons. The number of nitrogens with one attached hydrogen (secondary N) is 1. The Balaban J connectivity index is 1.69. The molecule has 1 unspecified atom stereocenters. The number of rotatable bonds is 6. The second-order valence-corrected chi connectivity index (χ2v) is 5.69. The van der Waals surface area contributed by atoms with Gasteiger partial charge < -0.3 is 10.2 Å². The van der Waals surface area contributed by atoms with Gasteiger partial charge in [-0.15, -0.1) is 0 Å². The van der Waals surface area contributed by atoms with Crippen molar-refractivity contribution in [3.63, 3.8) is 0 Å². The molecule has 0 bridgehead atoms. The summed E-state index contributed by atoms with van der Waals surface area (Å²) in [7, 11) is 0. The van der Waals surface area contributed by atoms with Crippen molar-refractivity contribution in [2.24, 2.45) is 0 Å². The van der Waals surface area contributed by atoms with Gasteiger partial charge in [0, 0.05) is 32.2 Å². The van der Waals surface area contributed by atoms with E-state index in [-0.39, 0.29) is 11.9 Å². The summed E-state index contributed by atoms with van der Waals surface area (Å²) < 4.78 is 0. The molecule has 0 aromatic heterocycles. The van der Waals surface area contributed by atoms with Crippen molar-refractivity contribution in [2.45, 2.75) is 51.6 Å². The standard InChI is InChI=1S/C14H27N3O/c1-3-4-7-16-8-10-17(11-9-16)12(2)14(18)15-13-5-6-13/h12-13H,3-11H2,1-2H3,(H,15,18). The summed E-state index contributed by atoms with van der Waals surface area (Å²) >= 11 is 0. The summed E-state index contributed by atoms with van der Waals surface area (Å²) in [5, 5.41) is 3.10. The minimum absolute atomic E-state index is 0.0407. The van der Waals surface area contributed by atoms with E-state index < -0.39 is 0 Å². The predicted molar refractivity (Wildman–Crippen MR) is 73.5 cm³/mol. The molecule has 1 N–H and O–H groups in total. The summed E-state index contributed by atoms with van der Waals surface area (Å²) in [4.78, 5) is 16.8. The van der Waals surface area contributed by atoms with Gasteiger partial charge in [-0.25, -0.2) is 0 Å². The third-order valence-electron chi connectivity index (χ3n) is 4.09. The Kier molecular flexibility index (Phi) is 5.01. The molecule has 18 heavy (non-hydrogen) atoms. The van der Waals surface area contributed by atoms with Crippen LogP contribution in [0.25, 0.3) is 0 Å². The van der Waals surface area contributed by atoms with Crippen LogP contribution in [0.5, 0.6) is 0 Å². The van der Waals surface area contributed by atoms with Gasteiger partial charge in [-0.2, -0.15) is 0 Å². The van der Waals surface area contributed by atoms with E-state index in [2.05, 4.69) is 22.0 Å². The maximum atomic E-state index is 12.0. The Bertz CT molecular complexity index is 270. The Labute approximate surface area is 111 Å². The van der Waals surface area contributed by atoms with E-state index in [9.17, 15) is 4.79 Å². The van der Waals surface area contributed by atoms with E-state index >= 15 is 0 Å². The first-order valence-electron chi connectivity index (χ1n) is 7.47. The first-order chi connectivity index (χ1) is 8.70. The lowest BCUT2D eigenvalue weighted by Gasteiger charge is -2.37. The molecule has 0 spiro atoms. The highest BCUT2D eigenvalue weighted by Crippen LogP contribution is 2.19. The number of nitrogens with zero attached hydrogens (tertiary/aromatic N) is 2. The molecule has 1 amide bonds. The van der Waals surface area contributed by atoms with E-state index in [0.29, 0.717) is 6.04 Å². The van der Waals surface area contributed by atoms with E-state index in [0.717, 1.165) is 26.2 Å². The number of unbranched alkanes of at least 4 members (excludes halogenated alkanes) is 1. The minimum atomic E-state index is 0.0407. The molecule has 2 fully saturated rings. The second-order valence-electron chi connectivity index (χ2n) is 5.69. The number of piperazine rings is 1. The van der Waals surface area contributed by atoms with E-state index in [1.807, 2.05) is 6.92 Å². The predicted octanol–water partition coefficient (Wildman–Crippen LogP) is 1.07. The van der Waals surface area contributed by atoms with E-state index in [1.54, 1.807) is 0 Å². The number of hydrogen-bond acceptors (Lipinski definition) is 3. The van der Waals surface area contributed by atoms with Crippen molar-refractivity contribution >= 4 is 5.91 Å². The van der Waals surface area contributed by atoms with Crippen LogP contribution >= 0.6 is 0 Å². The molecular formula is C14H27N3O. The summed E-state index contributed by atoms with van der Waals surface area (Å²) in [6.07, 6.45) is 4.89. The molecule has 1 saturated carbocycles. The average Bonchev–Trinajstić information content (AvgIpc) is 3.20. The fourth-order valence-corrected chi connectivity index (χ4v) is 2.47. The molecule has 1 heterocycles. The van der Waals surface area contributed by atoms with Gasteiger partial charge in [0.15, 0.2) is 0 Å². The number of hydrogen-bond donors (Lipinski definition) is 1. The molecule has 0 aromatic rings. The summed E-state index contributed by atoms with van der Waals surface area (Å²) in [6, 6.07) is 0.518. The molecule has 1 atom stereocenters. The lowest BCUT2D eigenvalue weighted by atomic mass is 10.2. The van der Waals surface area contributed by atoms with Crippen molar-refractivity contribution in [3.05, 3.63) is 0 Å². The van der Waals surface area contributed by atoms with Crippen molar-refractivity contribution in [1.82, 2.24) is 15.1 Å². The first-order valence-corrected chi connectivity index (χ1v) is 7.47. The van der Waals surface area contributed by atoms with Gasteiger partial charge in [0.25, 0.3) is 0 Å². The summed E-state index contributed by atoms with van der Waals surface area (Å²) in [5.41, 5.74) is 0. The van der Waals surface area contributed by atoms with Crippen LogP contribution < -0.4 is 5.32 Å². The number of amides is 1. The Morgan fingerprint density at radius 3 is 2.50 bits per heavy atom. The zero-order chi connectivity index (χ0) is 13.0. The Hall–Kier alpha value is -0.610. The van der Waals surface area contributed by atoms with Crippen molar-refractivity contribution in [2.75, 3.05) is 32.7 Å². The SMILES string of the molecule is CCCCN1CCN(C(C)C(=O)NC2CC2)CC1. The number of carbonyl (C=O) groups excluding carboxylic acids is 1. The van der Waals surface area contributed by atoms with Crippen LogP contribution in [0.4, 0.5) is 0 Å². The molecule has 1 saturated heterocycles. The minimum Gasteiger partial charge on any atom is -0.352 e. The van der Waals surface area contributed by atoms with Crippen molar-refractivity contribution in [3.8, 4) is 0 Å². The molecule has 1 aliphatic carbocycles. The van der Waals surface area contributed by atoms with Gasteiger partial charge >= 0.3 is 0 Å². The van der Waals surface area contributed by atoms with Crippen LogP contribution in [0.1, 0.15) is 39.5 Å². The highest BCUT2D eigenvalue weighted by molar-refractivity contribution is 5.81. The maximum absolute atomic E-state index is 12.0. The van der Waals surface area contributed by atoms with Crippen LogP contribution in [0.2, 0.25) is 0 Å². The largest absolute Gasteiger partial charge is 0.352 e. The lowest BCUT2D eigenvalue weighted by Crippen LogP contribution is -2.54. The van der Waals surface area contributed by atoms with Gasteiger partial charge in [0.05, 0.1) is 6.04 Å². The molecular weight excluding hydrogens is 226 g/mol. The number of carbonyl (C=O) groups is 1. The van der Waals surface area contributed by atoms with Crippen LogP contribution in [0.15, 0.2) is 0 Å². The third-order valence-corrected chi connectivity index (χ3v) is 4.09. The molecule has 4 nitrogen and oxygen atoms in total. The lowest BCUT2D eigenvalue weighted by molar-refractivity contribution is -0.126. The molecule has 4 heteroatoms. The van der Waals surface area contributed by atoms with Crippen LogP contribution in [-0.2, 0) is 4.79 Å². The van der Waals surface area contributed by atoms with Crippen LogP contribution in [0.3, 0.4) is 0 Å². The fraction of sp³-hybridized carbons (Fsp3) is 0.929. The van der Waals surface area contributed by atoms with E-state index in [1.165, 1.54) is 32.2 Å². The zero-order valence-electron chi connectivity index (χ0n) is 11.8. The fourth-order valence-electron chi connectivity index (χ4n) is 2.47. The molecule has 1 aliphatic heterocycles. The normalized spacial score (nSPS) is 23.9. The smallest absolute Gasteiger partial charge is 0.237 e. The topological polar surface area (TPSA) is 35.6 Å². The zero-order valence-corrected chi connectivity index (χ0v) is 11.8. The molecule has 0 radical (unpaired) electrons. The maximum Gasteiger partial charge on any atom is 0.237 e. The Morgan fingerprint density at radius 2 is 1.94 bits per heavy atom. The molecule has 0 aromatic carbocycles. The quantitative estimate of drug-likeness (QED) is 0.769. The third kappa shape index (κ3) is 3.95. The van der Waals surface area contributed by atoms with Gasteiger partial charge in [-0.3, -0.25) is 9.69 Å². The Morgan fingerprint density at radius 1 is 1.28 bits per heavy atom. The van der Waals surface area contributed by atoms with E-state index in [4.69, 9.17) is 0 Å². The van der Waals surface area contributed by atoms with Crippen molar-refractivity contribution in [1.29, 1.82) is 0 Å². The van der Waals surface area contributed by atoms with Gasteiger partial charge in [-0.05, 0) is 32.7 Å². The summed E-state index contributed by atoms with van der Waals surface area (Å²) in [6.45, 7) is 9.78. The molecule has 2 aliphatic rings. The first kappa shape index (κ1) is 13.8. The average molecular weight is 253 g/mol. The highest BCUT2D eigenvalue weighted by atomic mass is 16.2. The van der Waals surface area contributed by atoms with Crippen molar-refractivity contribution < 1.29 is 4.79 Å². The second kappa shape index (κ2) is 6.53. The summed E-state index contributed by atoms with van der Waals surface area (Å²) in [5.74, 6) is 0.222. The monoisotopic (exact) mass is 253 g/mol. The molecule has 2 rings (SSSR count). The van der Waals surface area contributed by atoms with Gasteiger partial charge in [0.1, 0.15) is 0 Å². The van der Waals surface area contributed by atoms with Crippen LogP contribution in [-0.4, -0.2) is 60.5 Å².